The standard InChI is InChI=1S/C21H18N2O5S/c1-23-18(21(25)22-14-7-5-8-15(12-14)28-2)19(24)17-11-10-13-6-3-4-9-16(13)20(17)29(23,26)27/h3-12,24H,1-2H3,(H,22,25). The van der Waals surface area contributed by atoms with E-state index in [4.69, 9.17) is 4.74 Å². The van der Waals surface area contributed by atoms with Crippen molar-refractivity contribution in [2.75, 3.05) is 19.5 Å². The van der Waals surface area contributed by atoms with E-state index >= 15 is 0 Å². The number of likely N-dealkylation sites (N-methyl/N-ethyl adjacent to an activating group) is 1. The number of carbonyl (C=O) groups excluding carboxylic acids is 1. The van der Waals surface area contributed by atoms with Crippen LogP contribution in [0.5, 0.6) is 5.75 Å². The minimum atomic E-state index is -4.05. The van der Waals surface area contributed by atoms with E-state index in [1.54, 1.807) is 54.6 Å². The summed E-state index contributed by atoms with van der Waals surface area (Å²) in [5.74, 6) is -0.619. The fourth-order valence-corrected chi connectivity index (χ4v) is 4.97. The van der Waals surface area contributed by atoms with Gasteiger partial charge in [-0.15, -0.1) is 0 Å². The predicted octanol–water partition coefficient (Wildman–Crippen LogP) is 3.35. The molecule has 0 aromatic heterocycles. The van der Waals surface area contributed by atoms with Gasteiger partial charge in [0, 0.05) is 29.8 Å². The van der Waals surface area contributed by atoms with Crippen molar-refractivity contribution >= 4 is 38.1 Å². The highest BCUT2D eigenvalue weighted by Gasteiger charge is 2.39. The zero-order valence-electron chi connectivity index (χ0n) is 15.7. The number of sulfonamides is 1. The number of nitrogens with one attached hydrogen (secondary N) is 1. The zero-order valence-corrected chi connectivity index (χ0v) is 16.5. The van der Waals surface area contributed by atoms with Crippen molar-refractivity contribution < 1.29 is 23.1 Å². The second kappa shape index (κ2) is 6.82. The number of carbonyl (C=O) groups is 1. The normalized spacial score (nSPS) is 15.2. The number of aliphatic hydroxyl groups excluding tert-OH is 1. The Morgan fingerprint density at radius 1 is 1.07 bits per heavy atom. The Bertz CT molecular complexity index is 1280. The molecule has 0 fully saturated rings. The topological polar surface area (TPSA) is 95.9 Å². The molecule has 8 heteroatoms. The molecule has 3 aromatic carbocycles. The van der Waals surface area contributed by atoms with Crippen LogP contribution in [0, 0.1) is 0 Å². The summed E-state index contributed by atoms with van der Waals surface area (Å²) in [6.07, 6.45) is 0. The summed E-state index contributed by atoms with van der Waals surface area (Å²) in [7, 11) is -1.30. The van der Waals surface area contributed by atoms with Crippen LogP contribution < -0.4 is 10.1 Å². The maximum absolute atomic E-state index is 13.2. The van der Waals surface area contributed by atoms with E-state index in [9.17, 15) is 18.3 Å². The highest BCUT2D eigenvalue weighted by Crippen LogP contribution is 2.39. The van der Waals surface area contributed by atoms with E-state index < -0.39 is 21.7 Å². The molecule has 148 valence electrons. The molecule has 29 heavy (non-hydrogen) atoms. The first-order valence-electron chi connectivity index (χ1n) is 8.74. The van der Waals surface area contributed by atoms with Gasteiger partial charge >= 0.3 is 0 Å². The molecule has 0 saturated heterocycles. The minimum absolute atomic E-state index is 0.0199. The Morgan fingerprint density at radius 3 is 2.59 bits per heavy atom. The summed E-state index contributed by atoms with van der Waals surface area (Å²) in [5, 5.41) is 14.6. The molecule has 3 aromatic rings. The van der Waals surface area contributed by atoms with Crippen LogP contribution in [-0.2, 0) is 14.8 Å². The van der Waals surface area contributed by atoms with Gasteiger partial charge in [-0.1, -0.05) is 36.4 Å². The van der Waals surface area contributed by atoms with Gasteiger partial charge in [0.15, 0.2) is 11.5 Å². The molecule has 0 bridgehead atoms. The molecular formula is C21H18N2O5S. The van der Waals surface area contributed by atoms with E-state index in [1.807, 2.05) is 0 Å². The summed E-state index contributed by atoms with van der Waals surface area (Å²) in [6, 6.07) is 16.8. The van der Waals surface area contributed by atoms with Crippen LogP contribution in [0.1, 0.15) is 5.56 Å². The van der Waals surface area contributed by atoms with Gasteiger partial charge in [-0.25, -0.2) is 8.42 Å². The highest BCUT2D eigenvalue weighted by molar-refractivity contribution is 7.89. The van der Waals surface area contributed by atoms with Gasteiger partial charge in [0.2, 0.25) is 0 Å². The summed E-state index contributed by atoms with van der Waals surface area (Å²) in [5.41, 5.74) is 0.151. The lowest BCUT2D eigenvalue weighted by Crippen LogP contribution is -2.37. The Labute approximate surface area is 167 Å². The molecule has 2 N–H and O–H groups in total. The van der Waals surface area contributed by atoms with Crippen LogP contribution in [0.15, 0.2) is 71.3 Å². The van der Waals surface area contributed by atoms with Gasteiger partial charge < -0.3 is 15.2 Å². The SMILES string of the molecule is COc1cccc(NC(=O)C2=C(O)c3ccc4ccccc4c3S(=O)(=O)N2C)c1. The molecule has 7 nitrogen and oxygen atoms in total. The number of benzene rings is 3. The number of hydrogen-bond donors (Lipinski definition) is 2. The smallest absolute Gasteiger partial charge is 0.276 e. The second-order valence-corrected chi connectivity index (χ2v) is 8.43. The highest BCUT2D eigenvalue weighted by atomic mass is 32.2. The molecule has 4 rings (SSSR count). The van der Waals surface area contributed by atoms with Gasteiger partial charge in [-0.05, 0) is 23.6 Å². The molecule has 1 aliphatic rings. The van der Waals surface area contributed by atoms with Crippen molar-refractivity contribution in [2.45, 2.75) is 4.90 Å². The number of ether oxygens (including phenoxy) is 1. The molecule has 0 radical (unpaired) electrons. The predicted molar refractivity (Wildman–Crippen MR) is 110 cm³/mol. The average Bonchev–Trinajstić information content (AvgIpc) is 2.72. The number of amides is 1. The molecule has 1 amide bonds. The Morgan fingerprint density at radius 2 is 1.83 bits per heavy atom. The monoisotopic (exact) mass is 410 g/mol. The second-order valence-electron chi connectivity index (χ2n) is 6.52. The zero-order chi connectivity index (χ0) is 20.8. The number of aliphatic hydroxyl groups is 1. The van der Waals surface area contributed by atoms with Crippen LogP contribution in [0.3, 0.4) is 0 Å². The lowest BCUT2D eigenvalue weighted by Gasteiger charge is -2.29. The third-order valence-corrected chi connectivity index (χ3v) is 6.69. The van der Waals surface area contributed by atoms with Gasteiger partial charge in [-0.3, -0.25) is 9.10 Å². The van der Waals surface area contributed by atoms with Gasteiger partial charge in [-0.2, -0.15) is 0 Å². The van der Waals surface area contributed by atoms with Crippen molar-refractivity contribution in [1.82, 2.24) is 4.31 Å². The number of rotatable bonds is 3. The Kier molecular flexibility index (Phi) is 4.43. The molecule has 0 atom stereocenters. The summed E-state index contributed by atoms with van der Waals surface area (Å²) < 4.78 is 32.4. The van der Waals surface area contributed by atoms with E-state index in [0.717, 1.165) is 9.69 Å². The third kappa shape index (κ3) is 2.98. The summed E-state index contributed by atoms with van der Waals surface area (Å²) >= 11 is 0. The first-order chi connectivity index (χ1) is 13.8. The van der Waals surface area contributed by atoms with Crippen molar-refractivity contribution in [3.63, 3.8) is 0 Å². The maximum atomic E-state index is 13.2. The van der Waals surface area contributed by atoms with E-state index in [2.05, 4.69) is 5.32 Å². The van der Waals surface area contributed by atoms with Crippen LogP contribution in [0.4, 0.5) is 5.69 Å². The fraction of sp³-hybridized carbons (Fsp3) is 0.0952. The van der Waals surface area contributed by atoms with Crippen LogP contribution in [-0.4, -0.2) is 37.9 Å². The summed E-state index contributed by atoms with van der Waals surface area (Å²) in [4.78, 5) is 12.9. The van der Waals surface area contributed by atoms with Crippen molar-refractivity contribution in [3.05, 3.63) is 71.9 Å². The van der Waals surface area contributed by atoms with Crippen molar-refractivity contribution in [1.29, 1.82) is 0 Å². The van der Waals surface area contributed by atoms with E-state index in [1.165, 1.54) is 20.2 Å². The largest absolute Gasteiger partial charge is 0.505 e. The first-order valence-corrected chi connectivity index (χ1v) is 10.2. The van der Waals surface area contributed by atoms with E-state index in [-0.39, 0.29) is 16.2 Å². The number of hydrogen-bond acceptors (Lipinski definition) is 5. The lowest BCUT2D eigenvalue weighted by atomic mass is 10.0. The van der Waals surface area contributed by atoms with E-state index in [0.29, 0.717) is 16.8 Å². The molecule has 0 aliphatic carbocycles. The maximum Gasteiger partial charge on any atom is 0.276 e. The van der Waals surface area contributed by atoms with Gasteiger partial charge in [0.25, 0.3) is 15.9 Å². The fourth-order valence-electron chi connectivity index (χ4n) is 3.38. The third-order valence-electron chi connectivity index (χ3n) is 4.84. The lowest BCUT2D eigenvalue weighted by molar-refractivity contribution is -0.113. The van der Waals surface area contributed by atoms with Crippen molar-refractivity contribution in [3.8, 4) is 5.75 Å². The Balaban J connectivity index is 1.86. The molecular weight excluding hydrogens is 392 g/mol. The molecule has 1 heterocycles. The van der Waals surface area contributed by atoms with Crippen molar-refractivity contribution in [2.24, 2.45) is 0 Å². The first kappa shape index (κ1) is 18.8. The molecule has 0 spiro atoms. The molecule has 1 aliphatic heterocycles. The van der Waals surface area contributed by atoms with Gasteiger partial charge in [0.1, 0.15) is 10.6 Å². The molecule has 0 unspecified atom stereocenters. The quantitative estimate of drug-likeness (QED) is 0.690. The summed E-state index contributed by atoms with van der Waals surface area (Å²) in [6.45, 7) is 0. The number of anilines is 1. The number of nitrogens with zero attached hydrogens (tertiary/aromatic N) is 1. The van der Waals surface area contributed by atoms with Crippen LogP contribution in [0.25, 0.3) is 16.5 Å². The number of methoxy groups -OCH3 is 1. The molecule has 0 saturated carbocycles. The average molecular weight is 410 g/mol. The number of fused-ring (bicyclic) bond motifs is 3. The van der Waals surface area contributed by atoms with Gasteiger partial charge in [0.05, 0.1) is 7.11 Å². The van der Waals surface area contributed by atoms with Crippen LogP contribution >= 0.6 is 0 Å². The van der Waals surface area contributed by atoms with Crippen LogP contribution in [0.2, 0.25) is 0 Å². The Hall–Kier alpha value is -3.52. The minimum Gasteiger partial charge on any atom is -0.505 e.